The van der Waals surface area contributed by atoms with Crippen molar-refractivity contribution < 1.29 is 13.5 Å². The van der Waals surface area contributed by atoms with Gasteiger partial charge in [-0.3, -0.25) is 0 Å². The number of aryl methyl sites for hydroxylation is 1. The molecule has 1 heterocycles. The number of hydrogen-bond donors (Lipinski definition) is 0. The van der Waals surface area contributed by atoms with E-state index in [4.69, 9.17) is 16.3 Å². The van der Waals surface area contributed by atoms with Gasteiger partial charge in [-0.1, -0.05) is 18.2 Å². The molecule has 0 saturated heterocycles. The first-order valence-electron chi connectivity index (χ1n) is 6.35. The highest BCUT2D eigenvalue weighted by Crippen LogP contribution is 2.34. The average Bonchev–Trinajstić information content (AvgIpc) is 2.89. The van der Waals surface area contributed by atoms with Gasteiger partial charge < -0.3 is 4.74 Å². The first-order chi connectivity index (χ1) is 9.56. The van der Waals surface area contributed by atoms with Crippen LogP contribution in [0.3, 0.4) is 0 Å². The van der Waals surface area contributed by atoms with Crippen molar-refractivity contribution in [3.63, 3.8) is 0 Å². The van der Waals surface area contributed by atoms with Crippen LogP contribution in [0.4, 0.5) is 8.78 Å². The topological polar surface area (TPSA) is 9.23 Å². The smallest absolute Gasteiger partial charge is 0.131 e. The van der Waals surface area contributed by atoms with Crippen molar-refractivity contribution in [2.75, 3.05) is 0 Å². The molecule has 0 radical (unpaired) electrons. The quantitative estimate of drug-likeness (QED) is 0.734. The second-order valence-electron chi connectivity index (χ2n) is 5.01. The molecule has 0 spiro atoms. The molecule has 0 fully saturated rings. The Hall–Kier alpha value is -1.45. The van der Waals surface area contributed by atoms with Gasteiger partial charge in [0, 0.05) is 11.6 Å². The molecular weight excluding hydrogens is 282 g/mol. The molecule has 3 rings (SSSR count). The summed E-state index contributed by atoms with van der Waals surface area (Å²) in [6.07, 6.45) is 0. The Labute approximate surface area is 121 Å². The summed E-state index contributed by atoms with van der Waals surface area (Å²) in [6.45, 7) is 2.75. The lowest BCUT2D eigenvalue weighted by Gasteiger charge is -2.14. The molecule has 1 unspecified atom stereocenters. The van der Waals surface area contributed by atoms with Gasteiger partial charge in [-0.05, 0) is 35.2 Å². The van der Waals surface area contributed by atoms with Crippen LogP contribution in [0.15, 0.2) is 30.3 Å². The van der Waals surface area contributed by atoms with Crippen LogP contribution in [0.5, 0.6) is 0 Å². The van der Waals surface area contributed by atoms with Crippen molar-refractivity contribution >= 4 is 11.6 Å². The summed E-state index contributed by atoms with van der Waals surface area (Å²) in [6, 6.07) is 8.09. The highest BCUT2D eigenvalue weighted by molar-refractivity contribution is 6.22. The van der Waals surface area contributed by atoms with E-state index in [0.29, 0.717) is 24.3 Å². The van der Waals surface area contributed by atoms with Crippen molar-refractivity contribution in [2.24, 2.45) is 0 Å². The predicted molar refractivity (Wildman–Crippen MR) is 73.7 cm³/mol. The molecule has 0 aromatic heterocycles. The Bertz CT molecular complexity index is 670. The fourth-order valence-electron chi connectivity index (χ4n) is 2.40. The molecule has 0 saturated carbocycles. The van der Waals surface area contributed by atoms with Gasteiger partial charge >= 0.3 is 0 Å². The van der Waals surface area contributed by atoms with E-state index in [0.717, 1.165) is 22.8 Å². The second kappa shape index (κ2) is 5.15. The number of rotatable bonds is 2. The maximum Gasteiger partial charge on any atom is 0.131 e. The number of halogens is 3. The van der Waals surface area contributed by atoms with Crippen molar-refractivity contribution in [3.05, 3.63) is 69.8 Å². The van der Waals surface area contributed by atoms with Gasteiger partial charge in [-0.2, -0.15) is 0 Å². The normalized spacial score (nSPS) is 15.2. The lowest BCUT2D eigenvalue weighted by molar-refractivity contribution is 0.134. The van der Waals surface area contributed by atoms with Crippen LogP contribution < -0.4 is 0 Å². The molecule has 2 aromatic rings. The van der Waals surface area contributed by atoms with Crippen molar-refractivity contribution in [1.82, 2.24) is 0 Å². The summed E-state index contributed by atoms with van der Waals surface area (Å²) in [4.78, 5) is 0. The molecule has 0 aliphatic carbocycles. The van der Waals surface area contributed by atoms with Crippen molar-refractivity contribution in [2.45, 2.75) is 25.5 Å². The van der Waals surface area contributed by atoms with E-state index in [1.54, 1.807) is 6.92 Å². The molecule has 104 valence electrons. The molecule has 2 aromatic carbocycles. The first kappa shape index (κ1) is 13.5. The minimum atomic E-state index is -0.639. The number of hydrogen-bond acceptors (Lipinski definition) is 1. The molecule has 0 bridgehead atoms. The molecule has 1 aliphatic heterocycles. The van der Waals surface area contributed by atoms with Crippen LogP contribution in [0.2, 0.25) is 0 Å². The largest absolute Gasteiger partial charge is 0.372 e. The lowest BCUT2D eigenvalue weighted by Crippen LogP contribution is -2.00. The third-order valence-corrected chi connectivity index (χ3v) is 4.08. The molecule has 0 amide bonds. The summed E-state index contributed by atoms with van der Waals surface area (Å²) in [5.74, 6) is -1.18. The molecule has 0 N–H and O–H groups in total. The SMILES string of the molecule is Cc1cc(C(Cl)c2ccc3c(c2)COC3)c(F)cc1F. The van der Waals surface area contributed by atoms with Crippen LogP contribution in [-0.2, 0) is 18.0 Å². The third kappa shape index (κ3) is 2.32. The van der Waals surface area contributed by atoms with E-state index in [2.05, 4.69) is 0 Å². The fourth-order valence-corrected chi connectivity index (χ4v) is 2.71. The Morgan fingerprint density at radius 3 is 2.60 bits per heavy atom. The lowest BCUT2D eigenvalue weighted by atomic mass is 9.98. The van der Waals surface area contributed by atoms with Gasteiger partial charge in [-0.15, -0.1) is 11.6 Å². The Morgan fingerprint density at radius 2 is 1.80 bits per heavy atom. The predicted octanol–water partition coefficient (Wildman–Crippen LogP) is 4.63. The summed E-state index contributed by atoms with van der Waals surface area (Å²) in [5.41, 5.74) is 3.68. The maximum atomic E-state index is 13.9. The van der Waals surface area contributed by atoms with Crippen LogP contribution in [0.1, 0.15) is 33.2 Å². The van der Waals surface area contributed by atoms with Crippen LogP contribution in [0.25, 0.3) is 0 Å². The minimum Gasteiger partial charge on any atom is -0.372 e. The highest BCUT2D eigenvalue weighted by atomic mass is 35.5. The molecule has 20 heavy (non-hydrogen) atoms. The van der Waals surface area contributed by atoms with E-state index in [-0.39, 0.29) is 0 Å². The zero-order chi connectivity index (χ0) is 14.3. The number of ether oxygens (including phenoxy) is 1. The monoisotopic (exact) mass is 294 g/mol. The Morgan fingerprint density at radius 1 is 1.05 bits per heavy atom. The van der Waals surface area contributed by atoms with Gasteiger partial charge in [0.2, 0.25) is 0 Å². The molecule has 1 aliphatic rings. The van der Waals surface area contributed by atoms with E-state index in [1.807, 2.05) is 18.2 Å². The zero-order valence-electron chi connectivity index (χ0n) is 10.9. The maximum absolute atomic E-state index is 13.9. The standard InChI is InChI=1S/C16H13ClF2O/c1-9-4-13(15(19)6-14(9)18)16(17)10-2-3-11-7-20-8-12(11)5-10/h2-6,16H,7-8H2,1H3. The van der Waals surface area contributed by atoms with Gasteiger partial charge in [0.1, 0.15) is 11.6 Å². The number of benzene rings is 2. The van der Waals surface area contributed by atoms with E-state index in [9.17, 15) is 8.78 Å². The minimum absolute atomic E-state index is 0.296. The Kier molecular flexibility index (Phi) is 3.48. The van der Waals surface area contributed by atoms with Crippen molar-refractivity contribution in [3.8, 4) is 0 Å². The Balaban J connectivity index is 2.00. The first-order valence-corrected chi connectivity index (χ1v) is 6.79. The number of alkyl halides is 1. The average molecular weight is 295 g/mol. The molecule has 1 nitrogen and oxygen atoms in total. The summed E-state index contributed by atoms with van der Waals surface area (Å²) < 4.78 is 32.5. The number of fused-ring (bicyclic) bond motifs is 1. The summed E-state index contributed by atoms with van der Waals surface area (Å²) in [7, 11) is 0. The molecular formula is C16H13ClF2O. The van der Waals surface area contributed by atoms with Gasteiger partial charge in [0.25, 0.3) is 0 Å². The van der Waals surface area contributed by atoms with E-state index >= 15 is 0 Å². The fraction of sp³-hybridized carbons (Fsp3) is 0.250. The summed E-state index contributed by atoms with van der Waals surface area (Å²) >= 11 is 6.36. The van der Waals surface area contributed by atoms with Gasteiger partial charge in [-0.25, -0.2) is 8.78 Å². The van der Waals surface area contributed by atoms with Gasteiger partial charge in [0.05, 0.1) is 18.6 Å². The molecule has 4 heteroatoms. The second-order valence-corrected chi connectivity index (χ2v) is 5.44. The van der Waals surface area contributed by atoms with Crippen LogP contribution >= 0.6 is 11.6 Å². The van der Waals surface area contributed by atoms with Crippen LogP contribution in [0, 0.1) is 18.6 Å². The van der Waals surface area contributed by atoms with Crippen LogP contribution in [-0.4, -0.2) is 0 Å². The third-order valence-electron chi connectivity index (χ3n) is 3.59. The highest BCUT2D eigenvalue weighted by Gasteiger charge is 2.20. The van der Waals surface area contributed by atoms with E-state index < -0.39 is 17.0 Å². The summed E-state index contributed by atoms with van der Waals surface area (Å²) in [5, 5.41) is -0.639. The van der Waals surface area contributed by atoms with E-state index in [1.165, 1.54) is 6.07 Å². The zero-order valence-corrected chi connectivity index (χ0v) is 11.7. The molecule has 1 atom stereocenters. The van der Waals surface area contributed by atoms with Crippen molar-refractivity contribution in [1.29, 1.82) is 0 Å². The van der Waals surface area contributed by atoms with Gasteiger partial charge in [0.15, 0.2) is 0 Å².